The van der Waals surface area contributed by atoms with Gasteiger partial charge in [0.1, 0.15) is 0 Å². The van der Waals surface area contributed by atoms with Crippen LogP contribution in [0.3, 0.4) is 0 Å². The Morgan fingerprint density at radius 2 is 1.87 bits per heavy atom. The SMILES string of the molecule is O=C(C=Cc1ccc([N+](=O)[O-])s1)Nc1cccc2ccccc12. The van der Waals surface area contributed by atoms with Crippen LogP contribution in [0.4, 0.5) is 10.7 Å². The number of rotatable bonds is 4. The molecule has 0 aliphatic rings. The van der Waals surface area contributed by atoms with Gasteiger partial charge >= 0.3 is 5.00 Å². The molecule has 0 atom stereocenters. The fourth-order valence-electron chi connectivity index (χ4n) is 2.20. The Bertz CT molecular complexity index is 910. The molecular weight excluding hydrogens is 312 g/mol. The molecule has 3 rings (SSSR count). The zero-order chi connectivity index (χ0) is 16.2. The highest BCUT2D eigenvalue weighted by Gasteiger charge is 2.08. The molecule has 3 aromatic rings. The number of carbonyl (C=O) groups is 1. The van der Waals surface area contributed by atoms with E-state index in [2.05, 4.69) is 5.32 Å². The normalized spacial score (nSPS) is 11.0. The van der Waals surface area contributed by atoms with E-state index < -0.39 is 4.92 Å². The molecule has 1 N–H and O–H groups in total. The van der Waals surface area contributed by atoms with Gasteiger partial charge in [-0.3, -0.25) is 14.9 Å². The Kier molecular flexibility index (Phi) is 4.16. The topological polar surface area (TPSA) is 72.2 Å². The Morgan fingerprint density at radius 1 is 1.09 bits per heavy atom. The molecule has 0 fully saturated rings. The molecule has 0 aliphatic carbocycles. The van der Waals surface area contributed by atoms with Gasteiger partial charge in [0.05, 0.1) is 4.92 Å². The summed E-state index contributed by atoms with van der Waals surface area (Å²) in [5, 5.41) is 15.5. The van der Waals surface area contributed by atoms with Crippen LogP contribution >= 0.6 is 11.3 Å². The fraction of sp³-hybridized carbons (Fsp3) is 0. The van der Waals surface area contributed by atoms with E-state index >= 15 is 0 Å². The van der Waals surface area contributed by atoms with Gasteiger partial charge in [-0.1, -0.05) is 47.7 Å². The van der Waals surface area contributed by atoms with E-state index in [0.717, 1.165) is 27.8 Å². The van der Waals surface area contributed by atoms with Gasteiger partial charge in [0.2, 0.25) is 5.91 Å². The van der Waals surface area contributed by atoms with Crippen LogP contribution in [-0.4, -0.2) is 10.8 Å². The third kappa shape index (κ3) is 3.44. The van der Waals surface area contributed by atoms with Crippen LogP contribution in [0.1, 0.15) is 4.88 Å². The van der Waals surface area contributed by atoms with Crippen molar-refractivity contribution in [1.82, 2.24) is 0 Å². The molecule has 0 bridgehead atoms. The summed E-state index contributed by atoms with van der Waals surface area (Å²) in [6.45, 7) is 0. The van der Waals surface area contributed by atoms with Crippen LogP contribution in [0.5, 0.6) is 0 Å². The summed E-state index contributed by atoms with van der Waals surface area (Å²) in [4.78, 5) is 22.9. The molecule has 23 heavy (non-hydrogen) atoms. The maximum Gasteiger partial charge on any atom is 0.324 e. The molecule has 1 aromatic heterocycles. The molecule has 0 saturated carbocycles. The molecule has 6 heteroatoms. The first-order chi connectivity index (χ1) is 11.1. The summed E-state index contributed by atoms with van der Waals surface area (Å²) in [7, 11) is 0. The van der Waals surface area contributed by atoms with E-state index in [1.807, 2.05) is 42.5 Å². The lowest BCUT2D eigenvalue weighted by Gasteiger charge is -2.06. The Morgan fingerprint density at radius 3 is 2.65 bits per heavy atom. The van der Waals surface area contributed by atoms with Crippen molar-refractivity contribution in [3.05, 3.63) is 75.7 Å². The van der Waals surface area contributed by atoms with E-state index in [0.29, 0.717) is 4.88 Å². The standard InChI is InChI=1S/C17H12N2O3S/c20-16(10-8-13-9-11-17(23-13)19(21)22)18-15-7-3-5-12-4-1-2-6-14(12)15/h1-11H,(H,18,20). The third-order valence-corrected chi connectivity index (χ3v) is 4.24. The highest BCUT2D eigenvalue weighted by molar-refractivity contribution is 7.16. The van der Waals surface area contributed by atoms with Crippen molar-refractivity contribution in [3.63, 3.8) is 0 Å². The minimum Gasteiger partial charge on any atom is -0.322 e. The smallest absolute Gasteiger partial charge is 0.322 e. The van der Waals surface area contributed by atoms with E-state index in [4.69, 9.17) is 0 Å². The molecule has 0 spiro atoms. The molecular formula is C17H12N2O3S. The molecule has 5 nitrogen and oxygen atoms in total. The number of carbonyl (C=O) groups excluding carboxylic acids is 1. The van der Waals surface area contributed by atoms with E-state index in [1.165, 1.54) is 12.1 Å². The van der Waals surface area contributed by atoms with Gasteiger partial charge in [-0.05, 0) is 23.6 Å². The number of thiophene rings is 1. The van der Waals surface area contributed by atoms with Crippen molar-refractivity contribution in [2.75, 3.05) is 5.32 Å². The van der Waals surface area contributed by atoms with Gasteiger partial charge in [-0.2, -0.15) is 0 Å². The van der Waals surface area contributed by atoms with Crippen LogP contribution in [0, 0.1) is 10.1 Å². The lowest BCUT2D eigenvalue weighted by Crippen LogP contribution is -2.07. The largest absolute Gasteiger partial charge is 0.324 e. The molecule has 1 heterocycles. The second-order valence-electron chi connectivity index (χ2n) is 4.78. The van der Waals surface area contributed by atoms with Crippen LogP contribution in [-0.2, 0) is 4.79 Å². The predicted molar refractivity (Wildman–Crippen MR) is 92.6 cm³/mol. The summed E-state index contributed by atoms with van der Waals surface area (Å²) in [6, 6.07) is 16.5. The first-order valence-electron chi connectivity index (χ1n) is 6.84. The predicted octanol–water partition coefficient (Wildman–Crippen LogP) is 4.46. The zero-order valence-electron chi connectivity index (χ0n) is 11.9. The Labute approximate surface area is 136 Å². The fourth-order valence-corrected chi connectivity index (χ4v) is 2.92. The van der Waals surface area contributed by atoms with E-state index in [9.17, 15) is 14.9 Å². The van der Waals surface area contributed by atoms with Gasteiger partial charge in [-0.15, -0.1) is 0 Å². The van der Waals surface area contributed by atoms with Crippen LogP contribution in [0.2, 0.25) is 0 Å². The molecule has 0 unspecified atom stereocenters. The zero-order valence-corrected chi connectivity index (χ0v) is 12.7. The average molecular weight is 324 g/mol. The van der Waals surface area contributed by atoms with E-state index in [1.54, 1.807) is 12.1 Å². The summed E-state index contributed by atoms with van der Waals surface area (Å²) >= 11 is 1.03. The number of anilines is 1. The minimum atomic E-state index is -0.446. The first-order valence-corrected chi connectivity index (χ1v) is 7.66. The van der Waals surface area contributed by atoms with E-state index in [-0.39, 0.29) is 10.9 Å². The number of amides is 1. The van der Waals surface area contributed by atoms with Crippen LogP contribution < -0.4 is 5.32 Å². The Balaban J connectivity index is 1.75. The molecule has 0 aliphatic heterocycles. The Hall–Kier alpha value is -2.99. The molecule has 0 radical (unpaired) electrons. The number of hydrogen-bond donors (Lipinski definition) is 1. The second kappa shape index (κ2) is 6.41. The van der Waals surface area contributed by atoms with Crippen molar-refractivity contribution >= 4 is 44.8 Å². The highest BCUT2D eigenvalue weighted by Crippen LogP contribution is 2.25. The monoisotopic (exact) mass is 324 g/mol. The quantitative estimate of drug-likeness (QED) is 0.437. The number of nitro groups is 1. The van der Waals surface area contributed by atoms with Crippen molar-refractivity contribution in [1.29, 1.82) is 0 Å². The lowest BCUT2D eigenvalue weighted by molar-refractivity contribution is -0.380. The van der Waals surface area contributed by atoms with Crippen LogP contribution in [0.25, 0.3) is 16.8 Å². The van der Waals surface area contributed by atoms with Gasteiger partial charge in [0.25, 0.3) is 0 Å². The number of benzene rings is 2. The van der Waals surface area contributed by atoms with Gasteiger partial charge in [0.15, 0.2) is 0 Å². The van der Waals surface area contributed by atoms with Crippen molar-refractivity contribution in [3.8, 4) is 0 Å². The lowest BCUT2D eigenvalue weighted by atomic mass is 10.1. The third-order valence-electron chi connectivity index (χ3n) is 3.24. The first kappa shape index (κ1) is 14.9. The minimum absolute atomic E-state index is 0.0547. The summed E-state index contributed by atoms with van der Waals surface area (Å²) in [6.07, 6.45) is 2.94. The average Bonchev–Trinajstić information content (AvgIpc) is 3.03. The number of nitrogens with zero attached hydrogens (tertiary/aromatic N) is 1. The van der Waals surface area contributed by atoms with Crippen LogP contribution in [0.15, 0.2) is 60.7 Å². The summed E-state index contributed by atoms with van der Waals surface area (Å²) < 4.78 is 0. The van der Waals surface area contributed by atoms with Gasteiger partial charge in [-0.25, -0.2) is 0 Å². The molecule has 1 amide bonds. The van der Waals surface area contributed by atoms with Crippen molar-refractivity contribution < 1.29 is 9.72 Å². The van der Waals surface area contributed by atoms with Crippen molar-refractivity contribution in [2.45, 2.75) is 0 Å². The maximum absolute atomic E-state index is 12.0. The summed E-state index contributed by atoms with van der Waals surface area (Å²) in [5.41, 5.74) is 0.731. The van der Waals surface area contributed by atoms with Gasteiger partial charge < -0.3 is 5.32 Å². The van der Waals surface area contributed by atoms with Crippen molar-refractivity contribution in [2.24, 2.45) is 0 Å². The van der Waals surface area contributed by atoms with Gasteiger partial charge in [0, 0.05) is 28.1 Å². The number of fused-ring (bicyclic) bond motifs is 1. The molecule has 0 saturated heterocycles. The number of nitrogens with one attached hydrogen (secondary N) is 1. The molecule has 114 valence electrons. The second-order valence-corrected chi connectivity index (χ2v) is 5.88. The number of hydrogen-bond acceptors (Lipinski definition) is 4. The molecule has 2 aromatic carbocycles. The summed E-state index contributed by atoms with van der Waals surface area (Å²) in [5.74, 6) is -0.280. The highest BCUT2D eigenvalue weighted by atomic mass is 32.1. The maximum atomic E-state index is 12.0.